The molecular weight excluding hydrogens is 116 g/mol. The normalized spacial score (nSPS) is 13.1. The summed E-state index contributed by atoms with van der Waals surface area (Å²) in [5.41, 5.74) is 0. The highest BCUT2D eigenvalue weighted by Gasteiger charge is 1.95. The van der Waals surface area contributed by atoms with Crippen molar-refractivity contribution in [2.45, 2.75) is 32.3 Å². The van der Waals surface area contributed by atoms with Crippen LogP contribution in [0, 0.1) is 0 Å². The van der Waals surface area contributed by atoms with Crippen LogP contribution < -0.4 is 0 Å². The Morgan fingerprint density at radius 1 is 1.67 bits per heavy atom. The molecule has 0 saturated heterocycles. The standard InChI is InChI=1S/C7H14O2/c1-6(8)4-3-5-7(2)9/h7-9H,1,3-5H2,2H3. The highest BCUT2D eigenvalue weighted by molar-refractivity contribution is 4.77. The third kappa shape index (κ3) is 7.50. The molecule has 9 heavy (non-hydrogen) atoms. The van der Waals surface area contributed by atoms with Gasteiger partial charge < -0.3 is 10.2 Å². The molecule has 0 aliphatic heterocycles. The first-order valence-electron chi connectivity index (χ1n) is 3.17. The minimum Gasteiger partial charge on any atom is -0.513 e. The van der Waals surface area contributed by atoms with Gasteiger partial charge in [0.25, 0.3) is 0 Å². The Kier molecular flexibility index (Phi) is 4.14. The van der Waals surface area contributed by atoms with Gasteiger partial charge >= 0.3 is 0 Å². The molecule has 1 unspecified atom stereocenters. The summed E-state index contributed by atoms with van der Waals surface area (Å²) in [4.78, 5) is 0. The van der Waals surface area contributed by atoms with Crippen molar-refractivity contribution in [1.82, 2.24) is 0 Å². The number of aliphatic hydroxyl groups excluding tert-OH is 2. The van der Waals surface area contributed by atoms with Crippen molar-refractivity contribution in [3.05, 3.63) is 12.3 Å². The SMILES string of the molecule is C=C(O)CCCC(C)O. The van der Waals surface area contributed by atoms with Crippen LogP contribution in [0.2, 0.25) is 0 Å². The minimum atomic E-state index is -0.260. The number of hydrogen-bond acceptors (Lipinski definition) is 2. The van der Waals surface area contributed by atoms with Gasteiger partial charge in [0.15, 0.2) is 0 Å². The maximum atomic E-state index is 8.75. The first kappa shape index (κ1) is 8.50. The maximum absolute atomic E-state index is 8.75. The molecule has 2 heteroatoms. The lowest BCUT2D eigenvalue weighted by Gasteiger charge is -2.01. The summed E-state index contributed by atoms with van der Waals surface area (Å²) < 4.78 is 0. The van der Waals surface area contributed by atoms with E-state index >= 15 is 0 Å². The Bertz CT molecular complexity index is 86.9. The van der Waals surface area contributed by atoms with E-state index in [1.54, 1.807) is 6.92 Å². The van der Waals surface area contributed by atoms with Crippen molar-refractivity contribution in [3.8, 4) is 0 Å². The van der Waals surface area contributed by atoms with Crippen LogP contribution in [-0.2, 0) is 0 Å². The average Bonchev–Trinajstić information content (AvgIpc) is 1.63. The predicted octanol–water partition coefficient (Wildman–Crippen LogP) is 1.61. The molecule has 0 aromatic rings. The van der Waals surface area contributed by atoms with Gasteiger partial charge in [-0.3, -0.25) is 0 Å². The fraction of sp³-hybridized carbons (Fsp3) is 0.714. The van der Waals surface area contributed by atoms with Crippen LogP contribution in [0.1, 0.15) is 26.2 Å². The quantitative estimate of drug-likeness (QED) is 0.567. The lowest BCUT2D eigenvalue weighted by Crippen LogP contribution is -1.98. The van der Waals surface area contributed by atoms with E-state index in [2.05, 4.69) is 6.58 Å². The summed E-state index contributed by atoms with van der Waals surface area (Å²) in [5.74, 6) is 0.204. The van der Waals surface area contributed by atoms with E-state index in [-0.39, 0.29) is 11.9 Å². The van der Waals surface area contributed by atoms with Gasteiger partial charge in [0.05, 0.1) is 11.9 Å². The van der Waals surface area contributed by atoms with Crippen molar-refractivity contribution in [2.75, 3.05) is 0 Å². The van der Waals surface area contributed by atoms with E-state index < -0.39 is 0 Å². The summed E-state index contributed by atoms with van der Waals surface area (Å²) >= 11 is 0. The molecule has 0 heterocycles. The average molecular weight is 130 g/mol. The summed E-state index contributed by atoms with van der Waals surface area (Å²) in [7, 11) is 0. The molecule has 0 radical (unpaired) electrons. The Morgan fingerprint density at radius 3 is 2.56 bits per heavy atom. The second-order valence-corrected chi connectivity index (χ2v) is 2.31. The van der Waals surface area contributed by atoms with Gasteiger partial charge in [-0.05, 0) is 19.8 Å². The van der Waals surface area contributed by atoms with Crippen LogP contribution >= 0.6 is 0 Å². The van der Waals surface area contributed by atoms with E-state index in [1.165, 1.54) is 0 Å². The highest BCUT2D eigenvalue weighted by atomic mass is 16.3. The van der Waals surface area contributed by atoms with Crippen molar-refractivity contribution in [3.63, 3.8) is 0 Å². The van der Waals surface area contributed by atoms with Crippen molar-refractivity contribution >= 4 is 0 Å². The van der Waals surface area contributed by atoms with Gasteiger partial charge in [0, 0.05) is 6.42 Å². The van der Waals surface area contributed by atoms with Gasteiger partial charge in [-0.2, -0.15) is 0 Å². The third-order valence-corrected chi connectivity index (χ3v) is 1.09. The molecule has 1 atom stereocenters. The number of rotatable bonds is 4. The van der Waals surface area contributed by atoms with E-state index in [4.69, 9.17) is 10.2 Å². The molecule has 0 saturated carbocycles. The Balaban J connectivity index is 3.01. The van der Waals surface area contributed by atoms with E-state index in [1.807, 2.05) is 0 Å². The zero-order valence-electron chi connectivity index (χ0n) is 5.80. The van der Waals surface area contributed by atoms with E-state index in [0.29, 0.717) is 6.42 Å². The summed E-state index contributed by atoms with van der Waals surface area (Å²) in [6.45, 7) is 5.06. The van der Waals surface area contributed by atoms with Crippen LogP contribution in [-0.4, -0.2) is 16.3 Å². The van der Waals surface area contributed by atoms with Crippen LogP contribution in [0.25, 0.3) is 0 Å². The number of aliphatic hydroxyl groups is 2. The molecule has 0 aromatic carbocycles. The topological polar surface area (TPSA) is 40.5 Å². The van der Waals surface area contributed by atoms with E-state index in [9.17, 15) is 0 Å². The van der Waals surface area contributed by atoms with Crippen LogP contribution in [0.15, 0.2) is 12.3 Å². The second-order valence-electron chi connectivity index (χ2n) is 2.31. The smallest absolute Gasteiger partial charge is 0.0851 e. The number of hydrogen-bond donors (Lipinski definition) is 2. The van der Waals surface area contributed by atoms with Gasteiger partial charge in [-0.25, -0.2) is 0 Å². The molecule has 0 aromatic heterocycles. The lowest BCUT2D eigenvalue weighted by molar-refractivity contribution is 0.180. The summed E-state index contributed by atoms with van der Waals surface area (Å²) in [6.07, 6.45) is 1.89. The molecule has 0 aliphatic rings. The van der Waals surface area contributed by atoms with Gasteiger partial charge in [-0.1, -0.05) is 6.58 Å². The molecule has 0 aliphatic carbocycles. The van der Waals surface area contributed by atoms with Crippen LogP contribution in [0.3, 0.4) is 0 Å². The Labute approximate surface area is 55.8 Å². The summed E-state index contributed by atoms with van der Waals surface area (Å²) in [6, 6.07) is 0. The van der Waals surface area contributed by atoms with Crippen LogP contribution in [0.4, 0.5) is 0 Å². The largest absolute Gasteiger partial charge is 0.513 e. The molecule has 0 amide bonds. The summed E-state index contributed by atoms with van der Waals surface area (Å²) in [5, 5.41) is 17.3. The zero-order valence-corrected chi connectivity index (χ0v) is 5.80. The molecule has 0 rings (SSSR count). The molecule has 54 valence electrons. The molecule has 0 bridgehead atoms. The third-order valence-electron chi connectivity index (χ3n) is 1.09. The molecular formula is C7H14O2. The lowest BCUT2D eigenvalue weighted by atomic mass is 10.1. The van der Waals surface area contributed by atoms with Crippen molar-refractivity contribution < 1.29 is 10.2 Å². The molecule has 2 N–H and O–H groups in total. The predicted molar refractivity (Wildman–Crippen MR) is 37.3 cm³/mol. The van der Waals surface area contributed by atoms with Gasteiger partial charge in [0.1, 0.15) is 0 Å². The maximum Gasteiger partial charge on any atom is 0.0851 e. The van der Waals surface area contributed by atoms with Crippen molar-refractivity contribution in [1.29, 1.82) is 0 Å². The van der Waals surface area contributed by atoms with Crippen LogP contribution in [0.5, 0.6) is 0 Å². The monoisotopic (exact) mass is 130 g/mol. The minimum absolute atomic E-state index is 0.204. The fourth-order valence-electron chi connectivity index (χ4n) is 0.602. The first-order valence-corrected chi connectivity index (χ1v) is 3.17. The zero-order chi connectivity index (χ0) is 7.28. The Hall–Kier alpha value is -0.500. The van der Waals surface area contributed by atoms with Gasteiger partial charge in [0.2, 0.25) is 0 Å². The molecule has 2 nitrogen and oxygen atoms in total. The van der Waals surface area contributed by atoms with E-state index in [0.717, 1.165) is 12.8 Å². The first-order chi connectivity index (χ1) is 4.13. The van der Waals surface area contributed by atoms with Crippen molar-refractivity contribution in [2.24, 2.45) is 0 Å². The molecule has 0 spiro atoms. The second kappa shape index (κ2) is 4.39. The number of allylic oxidation sites excluding steroid dienone is 1. The van der Waals surface area contributed by atoms with Gasteiger partial charge in [-0.15, -0.1) is 0 Å². The Morgan fingerprint density at radius 2 is 2.22 bits per heavy atom. The highest BCUT2D eigenvalue weighted by Crippen LogP contribution is 2.03. The molecule has 0 fully saturated rings. The fourth-order valence-corrected chi connectivity index (χ4v) is 0.602.